The fourth-order valence-corrected chi connectivity index (χ4v) is 3.09. The van der Waals surface area contributed by atoms with E-state index in [0.717, 1.165) is 16.8 Å². The molecule has 24 heavy (non-hydrogen) atoms. The number of hydrogen-bond donors (Lipinski definition) is 2. The minimum atomic E-state index is -0.459. The van der Waals surface area contributed by atoms with E-state index in [4.69, 9.17) is 5.73 Å². The Hall–Kier alpha value is -2.88. The highest BCUT2D eigenvalue weighted by atomic mass is 16.1. The van der Waals surface area contributed by atoms with Gasteiger partial charge in [-0.15, -0.1) is 0 Å². The van der Waals surface area contributed by atoms with E-state index in [2.05, 4.69) is 42.3 Å². The molecule has 0 radical (unpaired) electrons. The molecule has 3 N–H and O–H groups in total. The van der Waals surface area contributed by atoms with E-state index < -0.39 is 5.91 Å². The van der Waals surface area contributed by atoms with Crippen molar-refractivity contribution in [2.24, 2.45) is 5.73 Å². The fraction of sp³-hybridized carbons (Fsp3) is 0.200. The van der Waals surface area contributed by atoms with E-state index >= 15 is 0 Å². The Morgan fingerprint density at radius 2 is 1.79 bits per heavy atom. The number of hydrogen-bond acceptors (Lipinski definition) is 3. The topological polar surface area (TPSA) is 68.0 Å². The Morgan fingerprint density at radius 1 is 1.08 bits per heavy atom. The van der Waals surface area contributed by atoms with Gasteiger partial charge in [0.1, 0.15) is 0 Å². The number of anilines is 1. The van der Waals surface area contributed by atoms with Gasteiger partial charge >= 0.3 is 0 Å². The highest BCUT2D eigenvalue weighted by molar-refractivity contribution is 6.07. The minimum Gasteiger partial charge on any atom is -0.380 e. The molecule has 0 aliphatic carbocycles. The van der Waals surface area contributed by atoms with Gasteiger partial charge in [0.15, 0.2) is 0 Å². The van der Waals surface area contributed by atoms with E-state index in [0.29, 0.717) is 17.6 Å². The molecule has 0 atom stereocenters. The maximum atomic E-state index is 11.7. The molecule has 0 spiro atoms. The van der Waals surface area contributed by atoms with E-state index in [1.165, 1.54) is 16.7 Å². The molecule has 1 aromatic heterocycles. The lowest BCUT2D eigenvalue weighted by Gasteiger charge is -2.13. The summed E-state index contributed by atoms with van der Waals surface area (Å²) >= 11 is 0. The maximum Gasteiger partial charge on any atom is 0.250 e. The van der Waals surface area contributed by atoms with Gasteiger partial charge in [0.25, 0.3) is 5.91 Å². The number of amides is 1. The second-order valence-corrected chi connectivity index (χ2v) is 6.23. The van der Waals surface area contributed by atoms with Gasteiger partial charge in [0, 0.05) is 23.3 Å². The van der Waals surface area contributed by atoms with Crippen molar-refractivity contribution >= 4 is 22.5 Å². The average molecular weight is 319 g/mol. The van der Waals surface area contributed by atoms with Crippen LogP contribution in [-0.4, -0.2) is 10.9 Å². The molecule has 2 aromatic carbocycles. The van der Waals surface area contributed by atoms with Crippen LogP contribution in [0.5, 0.6) is 0 Å². The summed E-state index contributed by atoms with van der Waals surface area (Å²) < 4.78 is 0. The van der Waals surface area contributed by atoms with Gasteiger partial charge in [-0.25, -0.2) is 0 Å². The van der Waals surface area contributed by atoms with Crippen LogP contribution in [0.25, 0.3) is 10.9 Å². The van der Waals surface area contributed by atoms with Crippen molar-refractivity contribution in [1.82, 2.24) is 4.98 Å². The highest BCUT2D eigenvalue weighted by Gasteiger charge is 2.11. The van der Waals surface area contributed by atoms with Crippen LogP contribution in [0.15, 0.2) is 42.5 Å². The first-order valence-corrected chi connectivity index (χ1v) is 7.95. The predicted octanol–water partition coefficient (Wildman–Crippen LogP) is 3.87. The third-order valence-corrected chi connectivity index (χ3v) is 4.00. The van der Waals surface area contributed by atoms with Gasteiger partial charge < -0.3 is 11.1 Å². The van der Waals surface area contributed by atoms with Crippen LogP contribution in [0.1, 0.15) is 32.7 Å². The first kappa shape index (κ1) is 16.0. The van der Waals surface area contributed by atoms with Crippen molar-refractivity contribution in [3.05, 3.63) is 70.4 Å². The molecule has 3 aromatic rings. The number of para-hydroxylation sites is 1. The summed E-state index contributed by atoms with van der Waals surface area (Å²) in [5.74, 6) is -0.459. The molecular weight excluding hydrogens is 298 g/mol. The molecule has 4 nitrogen and oxygen atoms in total. The van der Waals surface area contributed by atoms with Crippen LogP contribution in [0, 0.1) is 20.8 Å². The normalized spacial score (nSPS) is 10.8. The number of nitrogens with one attached hydrogen (secondary N) is 1. The Kier molecular flexibility index (Phi) is 4.21. The molecule has 0 fully saturated rings. The van der Waals surface area contributed by atoms with E-state index in [1.54, 1.807) is 6.07 Å². The Bertz CT molecular complexity index is 911. The molecule has 1 heterocycles. The lowest BCUT2D eigenvalue weighted by atomic mass is 10.1. The van der Waals surface area contributed by atoms with Crippen molar-refractivity contribution in [1.29, 1.82) is 0 Å². The fourth-order valence-electron chi connectivity index (χ4n) is 3.09. The lowest BCUT2D eigenvalue weighted by Crippen LogP contribution is -2.12. The summed E-state index contributed by atoms with van der Waals surface area (Å²) in [5.41, 5.74) is 12.1. The zero-order valence-corrected chi connectivity index (χ0v) is 14.2. The largest absolute Gasteiger partial charge is 0.380 e. The summed E-state index contributed by atoms with van der Waals surface area (Å²) in [5, 5.41) is 4.38. The van der Waals surface area contributed by atoms with Gasteiger partial charge in [-0.1, -0.05) is 41.5 Å². The molecule has 122 valence electrons. The van der Waals surface area contributed by atoms with Crippen molar-refractivity contribution in [3.8, 4) is 0 Å². The van der Waals surface area contributed by atoms with Gasteiger partial charge in [-0.3, -0.25) is 9.78 Å². The molecule has 0 aliphatic rings. The monoisotopic (exact) mass is 319 g/mol. The smallest absolute Gasteiger partial charge is 0.250 e. The second-order valence-electron chi connectivity index (χ2n) is 6.23. The molecule has 1 amide bonds. The number of nitrogens with two attached hydrogens (primary N) is 1. The Balaban J connectivity index is 2.00. The summed E-state index contributed by atoms with van der Waals surface area (Å²) in [6.07, 6.45) is 0. The number of fused-ring (bicyclic) bond motifs is 1. The molecule has 0 aliphatic heterocycles. The number of benzene rings is 2. The van der Waals surface area contributed by atoms with Crippen LogP contribution in [0.2, 0.25) is 0 Å². The summed E-state index contributed by atoms with van der Waals surface area (Å²) in [6, 6.07) is 14.0. The van der Waals surface area contributed by atoms with Gasteiger partial charge in [-0.2, -0.15) is 0 Å². The number of aromatic nitrogens is 1. The zero-order chi connectivity index (χ0) is 17.3. The van der Waals surface area contributed by atoms with Crippen LogP contribution in [0.3, 0.4) is 0 Å². The summed E-state index contributed by atoms with van der Waals surface area (Å²) in [4.78, 5) is 16.2. The summed E-state index contributed by atoms with van der Waals surface area (Å²) in [7, 11) is 0. The third kappa shape index (κ3) is 3.23. The third-order valence-electron chi connectivity index (χ3n) is 4.00. The van der Waals surface area contributed by atoms with Crippen LogP contribution < -0.4 is 11.1 Å². The molecule has 0 unspecified atom stereocenters. The predicted molar refractivity (Wildman–Crippen MR) is 98.2 cm³/mol. The van der Waals surface area contributed by atoms with E-state index in [-0.39, 0.29) is 0 Å². The van der Waals surface area contributed by atoms with Crippen molar-refractivity contribution in [3.63, 3.8) is 0 Å². The van der Waals surface area contributed by atoms with Crippen molar-refractivity contribution in [2.75, 3.05) is 5.32 Å². The van der Waals surface area contributed by atoms with E-state index in [9.17, 15) is 4.79 Å². The molecule has 3 rings (SSSR count). The molecular formula is C20H21N3O. The highest BCUT2D eigenvalue weighted by Crippen LogP contribution is 2.26. The first-order valence-electron chi connectivity index (χ1n) is 7.95. The van der Waals surface area contributed by atoms with Crippen molar-refractivity contribution < 1.29 is 4.79 Å². The van der Waals surface area contributed by atoms with Crippen LogP contribution >= 0.6 is 0 Å². The number of aryl methyl sites for hydroxylation is 3. The SMILES string of the molecule is Cc1cc(C)cc(CNc2cc(C)nc3c(C(N)=O)cccc23)c1. The number of carbonyl (C=O) groups excluding carboxylic acids is 1. The number of nitrogens with zero attached hydrogens (tertiary/aromatic N) is 1. The van der Waals surface area contributed by atoms with Crippen LogP contribution in [0.4, 0.5) is 5.69 Å². The van der Waals surface area contributed by atoms with Crippen LogP contribution in [-0.2, 0) is 6.54 Å². The number of primary amides is 1. The number of rotatable bonds is 4. The molecule has 0 bridgehead atoms. The molecule has 0 saturated carbocycles. The summed E-state index contributed by atoms with van der Waals surface area (Å²) in [6.45, 7) is 6.82. The number of carbonyl (C=O) groups is 1. The quantitative estimate of drug-likeness (QED) is 0.767. The number of pyridine rings is 1. The Labute approximate surface area is 141 Å². The van der Waals surface area contributed by atoms with E-state index in [1.807, 2.05) is 25.1 Å². The second kappa shape index (κ2) is 6.32. The van der Waals surface area contributed by atoms with Gasteiger partial charge in [0.05, 0.1) is 11.1 Å². The minimum absolute atomic E-state index is 0.450. The van der Waals surface area contributed by atoms with Crippen molar-refractivity contribution in [2.45, 2.75) is 27.3 Å². The average Bonchev–Trinajstić information content (AvgIpc) is 2.50. The van der Waals surface area contributed by atoms with Gasteiger partial charge in [0.2, 0.25) is 0 Å². The van der Waals surface area contributed by atoms with Gasteiger partial charge in [-0.05, 0) is 38.5 Å². The standard InChI is InChI=1S/C20H21N3O/c1-12-7-13(2)9-15(8-12)11-22-18-10-14(3)23-19-16(18)5-4-6-17(19)20(21)24/h4-10H,11H2,1-3H3,(H2,21,24)(H,22,23). The maximum absolute atomic E-state index is 11.7. The zero-order valence-electron chi connectivity index (χ0n) is 14.2. The Morgan fingerprint density at radius 3 is 2.46 bits per heavy atom. The first-order chi connectivity index (χ1) is 11.4. The molecule has 4 heteroatoms. The molecule has 0 saturated heterocycles. The lowest BCUT2D eigenvalue weighted by molar-refractivity contribution is 0.100.